The van der Waals surface area contributed by atoms with E-state index in [0.29, 0.717) is 5.92 Å². The van der Waals surface area contributed by atoms with E-state index in [-0.39, 0.29) is 11.7 Å². The monoisotopic (exact) mass is 194 g/mol. The fourth-order valence-electron chi connectivity index (χ4n) is 2.05. The van der Waals surface area contributed by atoms with Gasteiger partial charge in [-0.15, -0.1) is 0 Å². The highest BCUT2D eigenvalue weighted by molar-refractivity contribution is 5.38. The minimum Gasteiger partial charge on any atom is -0.207 e. The van der Waals surface area contributed by atoms with Crippen molar-refractivity contribution in [2.75, 3.05) is 0 Å². The summed E-state index contributed by atoms with van der Waals surface area (Å²) >= 11 is 0. The Hall–Kier alpha value is -0.850. The van der Waals surface area contributed by atoms with E-state index in [9.17, 15) is 4.39 Å². The van der Waals surface area contributed by atoms with Gasteiger partial charge >= 0.3 is 0 Å². The molecule has 0 bridgehead atoms. The summed E-state index contributed by atoms with van der Waals surface area (Å²) in [6.07, 6.45) is 0. The van der Waals surface area contributed by atoms with Crippen molar-refractivity contribution in [3.63, 3.8) is 0 Å². The van der Waals surface area contributed by atoms with Crippen molar-refractivity contribution < 1.29 is 4.39 Å². The van der Waals surface area contributed by atoms with Gasteiger partial charge in [0, 0.05) is 0 Å². The van der Waals surface area contributed by atoms with Crippen molar-refractivity contribution in [2.24, 2.45) is 0 Å². The second-order valence-corrected chi connectivity index (χ2v) is 4.48. The summed E-state index contributed by atoms with van der Waals surface area (Å²) in [5.41, 5.74) is 3.25. The normalized spacial score (nSPS) is 11.4. The first-order valence-electron chi connectivity index (χ1n) is 5.24. The molecule has 0 heterocycles. The largest absolute Gasteiger partial charge is 0.207 e. The molecule has 0 aliphatic heterocycles. The first kappa shape index (κ1) is 11.2. The molecule has 0 saturated carbocycles. The predicted octanol–water partition coefficient (Wildman–Crippen LogP) is 4.38. The van der Waals surface area contributed by atoms with E-state index in [1.165, 1.54) is 5.56 Å². The van der Waals surface area contributed by atoms with Gasteiger partial charge in [0.15, 0.2) is 0 Å². The van der Waals surface area contributed by atoms with Crippen LogP contribution in [0.2, 0.25) is 0 Å². The Morgan fingerprint density at radius 3 is 2.00 bits per heavy atom. The van der Waals surface area contributed by atoms with E-state index in [2.05, 4.69) is 13.8 Å². The molecule has 1 aromatic carbocycles. The maximum absolute atomic E-state index is 13.5. The second-order valence-electron chi connectivity index (χ2n) is 4.48. The van der Waals surface area contributed by atoms with E-state index in [1.54, 1.807) is 6.07 Å². The zero-order valence-electron chi connectivity index (χ0n) is 9.69. The second kappa shape index (κ2) is 4.12. The van der Waals surface area contributed by atoms with Crippen LogP contribution in [0.15, 0.2) is 12.1 Å². The Kier molecular flexibility index (Phi) is 3.30. The van der Waals surface area contributed by atoms with Crippen LogP contribution >= 0.6 is 0 Å². The highest BCUT2D eigenvalue weighted by atomic mass is 19.1. The zero-order chi connectivity index (χ0) is 10.9. The lowest BCUT2D eigenvalue weighted by atomic mass is 9.89. The van der Waals surface area contributed by atoms with Crippen LogP contribution in [-0.4, -0.2) is 0 Å². The minimum atomic E-state index is -0.0677. The molecular weight excluding hydrogens is 175 g/mol. The third-order valence-electron chi connectivity index (χ3n) is 2.70. The van der Waals surface area contributed by atoms with Gasteiger partial charge in [-0.2, -0.15) is 0 Å². The average molecular weight is 194 g/mol. The van der Waals surface area contributed by atoms with Gasteiger partial charge in [-0.05, 0) is 41.5 Å². The average Bonchev–Trinajstić information content (AvgIpc) is 2.02. The van der Waals surface area contributed by atoms with Crippen LogP contribution < -0.4 is 0 Å². The predicted molar refractivity (Wildman–Crippen MR) is 59.3 cm³/mol. The molecule has 0 aliphatic carbocycles. The fourth-order valence-corrected chi connectivity index (χ4v) is 2.05. The van der Waals surface area contributed by atoms with Crippen LogP contribution in [0.4, 0.5) is 4.39 Å². The van der Waals surface area contributed by atoms with Crippen molar-refractivity contribution in [3.8, 4) is 0 Å². The van der Waals surface area contributed by atoms with Gasteiger partial charge in [0.2, 0.25) is 0 Å². The van der Waals surface area contributed by atoms with Crippen LogP contribution in [0.25, 0.3) is 0 Å². The fraction of sp³-hybridized carbons (Fsp3) is 0.538. The van der Waals surface area contributed by atoms with Gasteiger partial charge in [0.25, 0.3) is 0 Å². The van der Waals surface area contributed by atoms with Crippen molar-refractivity contribution >= 4 is 0 Å². The Labute approximate surface area is 86.2 Å². The molecule has 1 aromatic rings. The molecule has 1 heteroatoms. The standard InChI is InChI=1S/C13H19F/c1-8(2)11-6-7-12(14)13(9(3)4)10(11)5/h6-9H,1-5H3. The number of hydrogen-bond acceptors (Lipinski definition) is 0. The van der Waals surface area contributed by atoms with Crippen molar-refractivity contribution in [1.82, 2.24) is 0 Å². The van der Waals surface area contributed by atoms with Gasteiger partial charge in [-0.25, -0.2) is 4.39 Å². The topological polar surface area (TPSA) is 0 Å². The first-order chi connectivity index (χ1) is 6.45. The highest BCUT2D eigenvalue weighted by Crippen LogP contribution is 2.28. The van der Waals surface area contributed by atoms with Crippen LogP contribution in [0.3, 0.4) is 0 Å². The third-order valence-corrected chi connectivity index (χ3v) is 2.70. The Balaban J connectivity index is 3.34. The summed E-state index contributed by atoms with van der Waals surface area (Å²) in [6, 6.07) is 3.50. The van der Waals surface area contributed by atoms with E-state index < -0.39 is 0 Å². The lowest BCUT2D eigenvalue weighted by Crippen LogP contribution is -2.02. The molecule has 0 unspecified atom stereocenters. The smallest absolute Gasteiger partial charge is 0.126 e. The zero-order valence-corrected chi connectivity index (χ0v) is 9.69. The summed E-state index contributed by atoms with van der Waals surface area (Å²) < 4.78 is 13.5. The molecule has 0 aliphatic rings. The molecule has 0 atom stereocenters. The van der Waals surface area contributed by atoms with Crippen LogP contribution in [0.1, 0.15) is 56.2 Å². The maximum atomic E-state index is 13.5. The summed E-state index contributed by atoms with van der Waals surface area (Å²) in [5, 5.41) is 0. The van der Waals surface area contributed by atoms with Gasteiger partial charge in [-0.3, -0.25) is 0 Å². The van der Waals surface area contributed by atoms with Crippen molar-refractivity contribution in [1.29, 1.82) is 0 Å². The molecule has 0 spiro atoms. The lowest BCUT2D eigenvalue weighted by molar-refractivity contribution is 0.593. The van der Waals surface area contributed by atoms with Gasteiger partial charge in [0.1, 0.15) is 5.82 Å². The van der Waals surface area contributed by atoms with Crippen molar-refractivity contribution in [2.45, 2.75) is 46.5 Å². The van der Waals surface area contributed by atoms with E-state index in [4.69, 9.17) is 0 Å². The molecular formula is C13H19F. The van der Waals surface area contributed by atoms with Crippen LogP contribution in [0.5, 0.6) is 0 Å². The van der Waals surface area contributed by atoms with Gasteiger partial charge in [0.05, 0.1) is 0 Å². The first-order valence-corrected chi connectivity index (χ1v) is 5.24. The summed E-state index contributed by atoms with van der Waals surface area (Å²) in [4.78, 5) is 0. The summed E-state index contributed by atoms with van der Waals surface area (Å²) in [7, 11) is 0. The number of halogens is 1. The van der Waals surface area contributed by atoms with Crippen LogP contribution in [-0.2, 0) is 0 Å². The molecule has 78 valence electrons. The molecule has 0 saturated heterocycles. The van der Waals surface area contributed by atoms with E-state index in [0.717, 1.165) is 11.1 Å². The Morgan fingerprint density at radius 2 is 1.57 bits per heavy atom. The maximum Gasteiger partial charge on any atom is 0.126 e. The van der Waals surface area contributed by atoms with Gasteiger partial charge < -0.3 is 0 Å². The summed E-state index contributed by atoms with van der Waals surface area (Å²) in [5.74, 6) is 0.656. The molecule has 0 amide bonds. The molecule has 0 radical (unpaired) electrons. The molecule has 14 heavy (non-hydrogen) atoms. The Morgan fingerprint density at radius 1 is 1.00 bits per heavy atom. The van der Waals surface area contributed by atoms with E-state index >= 15 is 0 Å². The number of benzene rings is 1. The number of rotatable bonds is 2. The minimum absolute atomic E-state index is 0.0677. The molecule has 0 N–H and O–H groups in total. The molecule has 1 rings (SSSR count). The van der Waals surface area contributed by atoms with Crippen LogP contribution in [0, 0.1) is 12.7 Å². The third kappa shape index (κ3) is 1.97. The molecule has 0 fully saturated rings. The van der Waals surface area contributed by atoms with E-state index in [1.807, 2.05) is 26.8 Å². The summed E-state index contributed by atoms with van der Waals surface area (Å²) in [6.45, 7) is 10.4. The molecule has 0 aromatic heterocycles. The quantitative estimate of drug-likeness (QED) is 0.655. The number of hydrogen-bond donors (Lipinski definition) is 0. The SMILES string of the molecule is Cc1c(C(C)C)ccc(F)c1C(C)C. The lowest BCUT2D eigenvalue weighted by Gasteiger charge is -2.17. The Bertz CT molecular complexity index is 324. The molecule has 0 nitrogen and oxygen atoms in total. The van der Waals surface area contributed by atoms with Crippen molar-refractivity contribution in [3.05, 3.63) is 34.6 Å². The van der Waals surface area contributed by atoms with Gasteiger partial charge in [-0.1, -0.05) is 33.8 Å². The highest BCUT2D eigenvalue weighted by Gasteiger charge is 2.14.